The lowest BCUT2D eigenvalue weighted by Gasteiger charge is -2.16. The third-order valence-electron chi connectivity index (χ3n) is 3.47. The van der Waals surface area contributed by atoms with Crippen LogP contribution in [-0.2, 0) is 4.57 Å². The van der Waals surface area contributed by atoms with Crippen LogP contribution in [0.3, 0.4) is 0 Å². The summed E-state index contributed by atoms with van der Waals surface area (Å²) in [5.41, 5.74) is 0.586. The number of carbonyl (C=O) groups excluding carboxylic acids is 1. The van der Waals surface area contributed by atoms with Gasteiger partial charge in [0.05, 0.1) is 0 Å². The summed E-state index contributed by atoms with van der Waals surface area (Å²) in [6.45, 7) is 0. The Morgan fingerprint density at radius 2 is 1.92 bits per heavy atom. The molecule has 1 aromatic carbocycles. The Labute approximate surface area is 148 Å². The molecule has 26 heavy (non-hydrogen) atoms. The maximum atomic E-state index is 12.4. The number of carbonyl (C=O) groups is 1. The number of rotatable bonds is 5. The van der Waals surface area contributed by atoms with Crippen molar-refractivity contribution < 1.29 is 19.4 Å². The van der Waals surface area contributed by atoms with Crippen LogP contribution in [0.4, 0.5) is 0 Å². The number of amides is 1. The van der Waals surface area contributed by atoms with Crippen molar-refractivity contribution in [3.05, 3.63) is 66.0 Å². The highest BCUT2D eigenvalue weighted by molar-refractivity contribution is 7.38. The van der Waals surface area contributed by atoms with E-state index in [0.717, 1.165) is 6.20 Å². The Bertz CT molecular complexity index is 940. The molecule has 10 heteroatoms. The smallest absolute Gasteiger partial charge is 0.259 e. The zero-order valence-corrected chi connectivity index (χ0v) is 14.3. The van der Waals surface area contributed by atoms with E-state index in [1.165, 1.54) is 6.20 Å². The summed E-state index contributed by atoms with van der Waals surface area (Å²) >= 11 is 0. The first kappa shape index (κ1) is 17.7. The molecule has 0 fully saturated rings. The highest BCUT2D eigenvalue weighted by Crippen LogP contribution is 2.35. The van der Waals surface area contributed by atoms with Gasteiger partial charge in [-0.05, 0) is 17.7 Å². The number of aromatic hydroxyl groups is 1. The second-order valence-corrected chi connectivity index (χ2v) is 6.45. The van der Waals surface area contributed by atoms with Crippen LogP contribution in [0.15, 0.2) is 54.9 Å². The molecule has 3 N–H and O–H groups in total. The van der Waals surface area contributed by atoms with Gasteiger partial charge in [0.2, 0.25) is 13.9 Å². The SMILES string of the molecule is O=C(NC(c1ccccc1)[PH](=O)O)c1cnc(-c2cccnn2)nc1O. The van der Waals surface area contributed by atoms with Gasteiger partial charge in [0.25, 0.3) is 5.91 Å². The second-order valence-electron chi connectivity index (χ2n) is 5.20. The van der Waals surface area contributed by atoms with Gasteiger partial charge in [0, 0.05) is 12.4 Å². The Morgan fingerprint density at radius 1 is 1.15 bits per heavy atom. The van der Waals surface area contributed by atoms with Crippen molar-refractivity contribution >= 4 is 13.9 Å². The van der Waals surface area contributed by atoms with Gasteiger partial charge in [-0.2, -0.15) is 10.1 Å². The molecule has 2 atom stereocenters. The largest absolute Gasteiger partial charge is 0.493 e. The molecule has 3 rings (SSSR count). The minimum Gasteiger partial charge on any atom is -0.493 e. The van der Waals surface area contributed by atoms with Crippen molar-refractivity contribution in [2.75, 3.05) is 0 Å². The van der Waals surface area contributed by atoms with Gasteiger partial charge in [-0.25, -0.2) is 4.98 Å². The van der Waals surface area contributed by atoms with Gasteiger partial charge >= 0.3 is 0 Å². The van der Waals surface area contributed by atoms with Gasteiger partial charge in [-0.3, -0.25) is 9.36 Å². The average Bonchev–Trinajstić information content (AvgIpc) is 2.67. The molecular formula is C16H14N5O4P. The van der Waals surface area contributed by atoms with Crippen LogP contribution >= 0.6 is 8.03 Å². The number of nitrogens with zero attached hydrogens (tertiary/aromatic N) is 4. The number of aromatic nitrogens is 4. The monoisotopic (exact) mass is 371 g/mol. The van der Waals surface area contributed by atoms with Crippen LogP contribution in [0.2, 0.25) is 0 Å². The van der Waals surface area contributed by atoms with Crippen molar-refractivity contribution in [2.45, 2.75) is 5.78 Å². The predicted molar refractivity (Wildman–Crippen MR) is 92.6 cm³/mol. The van der Waals surface area contributed by atoms with Crippen molar-refractivity contribution in [3.63, 3.8) is 0 Å². The van der Waals surface area contributed by atoms with E-state index < -0.39 is 25.6 Å². The summed E-state index contributed by atoms with van der Waals surface area (Å²) in [7, 11) is -3.11. The zero-order chi connectivity index (χ0) is 18.5. The van der Waals surface area contributed by atoms with E-state index in [4.69, 9.17) is 0 Å². The second kappa shape index (κ2) is 7.81. The first-order valence-corrected chi connectivity index (χ1v) is 8.92. The molecular weight excluding hydrogens is 357 g/mol. The normalized spacial score (nSPS) is 13.0. The number of hydrogen-bond donors (Lipinski definition) is 3. The molecule has 0 bridgehead atoms. The van der Waals surface area contributed by atoms with E-state index in [1.54, 1.807) is 42.5 Å². The highest BCUT2D eigenvalue weighted by atomic mass is 31.1. The molecule has 1 amide bonds. The van der Waals surface area contributed by atoms with Crippen LogP contribution < -0.4 is 5.32 Å². The molecule has 0 aliphatic rings. The van der Waals surface area contributed by atoms with E-state index in [9.17, 15) is 19.4 Å². The van der Waals surface area contributed by atoms with Gasteiger partial charge in [-0.15, -0.1) is 5.10 Å². The molecule has 2 aromatic heterocycles. The van der Waals surface area contributed by atoms with Gasteiger partial charge < -0.3 is 15.3 Å². The Hall–Kier alpha value is -3.16. The Morgan fingerprint density at radius 3 is 2.54 bits per heavy atom. The zero-order valence-electron chi connectivity index (χ0n) is 13.3. The molecule has 3 aromatic rings. The van der Waals surface area contributed by atoms with Crippen molar-refractivity contribution in [1.29, 1.82) is 0 Å². The van der Waals surface area contributed by atoms with E-state index in [1.807, 2.05) is 0 Å². The molecule has 0 aliphatic carbocycles. The quantitative estimate of drug-likeness (QED) is 0.574. The van der Waals surface area contributed by atoms with Crippen molar-refractivity contribution in [1.82, 2.24) is 25.5 Å². The molecule has 9 nitrogen and oxygen atoms in total. The molecule has 0 saturated carbocycles. The minimum absolute atomic E-state index is 0.0995. The highest BCUT2D eigenvalue weighted by Gasteiger charge is 2.23. The summed E-state index contributed by atoms with van der Waals surface area (Å²) in [5.74, 6) is -2.33. The third kappa shape index (κ3) is 3.90. The molecule has 0 radical (unpaired) electrons. The lowest BCUT2D eigenvalue weighted by Crippen LogP contribution is -2.27. The molecule has 0 spiro atoms. The van der Waals surface area contributed by atoms with Crippen molar-refractivity contribution in [2.24, 2.45) is 0 Å². The van der Waals surface area contributed by atoms with Crippen LogP contribution in [-0.4, -0.2) is 36.1 Å². The van der Waals surface area contributed by atoms with Crippen LogP contribution in [0, 0.1) is 0 Å². The Kier molecular flexibility index (Phi) is 5.31. The van der Waals surface area contributed by atoms with Crippen LogP contribution in [0.5, 0.6) is 5.88 Å². The van der Waals surface area contributed by atoms with Gasteiger partial charge in [0.15, 0.2) is 5.82 Å². The van der Waals surface area contributed by atoms with Crippen LogP contribution in [0.25, 0.3) is 11.5 Å². The first-order valence-electron chi connectivity index (χ1n) is 7.49. The molecule has 0 aliphatic heterocycles. The standard InChI is InChI=1S/C16H14N5O4P/c22-14-11(9-17-13(19-14)12-7-4-8-18-21-12)15(23)20-16(26(24)25)10-5-2-1-3-6-10/h1-9,16,26H,(H,20,23)(H,24,25)(H,17,19,22). The Balaban J connectivity index is 1.84. The number of hydrogen-bond acceptors (Lipinski definition) is 7. The maximum absolute atomic E-state index is 12.4. The average molecular weight is 371 g/mol. The summed E-state index contributed by atoms with van der Waals surface area (Å²) in [5, 5.41) is 20.0. The summed E-state index contributed by atoms with van der Waals surface area (Å²) in [4.78, 5) is 29.8. The first-order chi connectivity index (χ1) is 12.6. The molecule has 132 valence electrons. The fraction of sp³-hybridized carbons (Fsp3) is 0.0625. The van der Waals surface area contributed by atoms with E-state index in [2.05, 4.69) is 25.5 Å². The maximum Gasteiger partial charge on any atom is 0.259 e. The third-order valence-corrected chi connectivity index (χ3v) is 4.44. The summed E-state index contributed by atoms with van der Waals surface area (Å²) in [6.07, 6.45) is 2.60. The fourth-order valence-corrected chi connectivity index (χ4v) is 2.95. The van der Waals surface area contributed by atoms with Gasteiger partial charge in [-0.1, -0.05) is 30.3 Å². The van der Waals surface area contributed by atoms with E-state index in [-0.39, 0.29) is 11.4 Å². The lowest BCUT2D eigenvalue weighted by atomic mass is 10.2. The number of benzene rings is 1. The van der Waals surface area contributed by atoms with Gasteiger partial charge in [0.1, 0.15) is 17.0 Å². The van der Waals surface area contributed by atoms with Crippen molar-refractivity contribution in [3.8, 4) is 17.4 Å². The summed E-state index contributed by atoms with van der Waals surface area (Å²) in [6, 6.07) is 11.6. The van der Waals surface area contributed by atoms with E-state index >= 15 is 0 Å². The topological polar surface area (TPSA) is 138 Å². The lowest BCUT2D eigenvalue weighted by molar-refractivity contribution is 0.0943. The molecule has 0 saturated heterocycles. The predicted octanol–water partition coefficient (Wildman–Crippen LogP) is 1.53. The van der Waals surface area contributed by atoms with Crippen LogP contribution in [0.1, 0.15) is 21.7 Å². The fourth-order valence-electron chi connectivity index (χ4n) is 2.22. The molecule has 2 unspecified atom stereocenters. The van der Waals surface area contributed by atoms with E-state index in [0.29, 0.717) is 11.3 Å². The summed E-state index contributed by atoms with van der Waals surface area (Å²) < 4.78 is 11.7. The molecule has 2 heterocycles. The number of nitrogens with one attached hydrogen (secondary N) is 1. The minimum atomic E-state index is -3.11.